The van der Waals surface area contributed by atoms with E-state index in [0.717, 1.165) is 12.1 Å². The van der Waals surface area contributed by atoms with Gasteiger partial charge in [-0.25, -0.2) is 9.18 Å². The predicted molar refractivity (Wildman–Crippen MR) is 54.1 cm³/mol. The van der Waals surface area contributed by atoms with Gasteiger partial charge in [-0.05, 0) is 18.2 Å². The molecule has 0 unspecified atom stereocenters. The van der Waals surface area contributed by atoms with Crippen molar-refractivity contribution in [1.29, 1.82) is 0 Å². The summed E-state index contributed by atoms with van der Waals surface area (Å²) in [6.07, 6.45) is 1.46. The van der Waals surface area contributed by atoms with Gasteiger partial charge in [0, 0.05) is 12.1 Å². The topological polar surface area (TPSA) is 63.6 Å². The molecule has 0 saturated heterocycles. The molecule has 0 saturated carbocycles. The van der Waals surface area contributed by atoms with Gasteiger partial charge < -0.3 is 9.84 Å². The van der Waals surface area contributed by atoms with Crippen LogP contribution in [0.3, 0.4) is 0 Å². The number of ether oxygens (including phenoxy) is 1. The van der Waals surface area contributed by atoms with Crippen molar-refractivity contribution < 1.29 is 23.8 Å². The molecular formula is C11H9FO4. The number of ketones is 1. The van der Waals surface area contributed by atoms with Crippen LogP contribution in [0.1, 0.15) is 10.4 Å². The van der Waals surface area contributed by atoms with Crippen LogP contribution >= 0.6 is 0 Å². The SMILES string of the molecule is COc1ccc(C(=O)C=CC(=O)O)c(F)c1. The molecule has 0 aliphatic carbocycles. The number of carboxylic acid groups (broad SMARTS) is 1. The first kappa shape index (κ1) is 11.9. The van der Waals surface area contributed by atoms with Gasteiger partial charge in [-0.3, -0.25) is 4.79 Å². The molecule has 4 nitrogen and oxygen atoms in total. The maximum atomic E-state index is 13.3. The third-order valence-corrected chi connectivity index (χ3v) is 1.82. The molecule has 0 fully saturated rings. The molecule has 0 aliphatic heterocycles. The zero-order valence-electron chi connectivity index (χ0n) is 8.44. The first-order valence-electron chi connectivity index (χ1n) is 4.33. The Kier molecular flexibility index (Phi) is 3.77. The summed E-state index contributed by atoms with van der Waals surface area (Å²) < 4.78 is 18.1. The Morgan fingerprint density at radius 3 is 2.56 bits per heavy atom. The lowest BCUT2D eigenvalue weighted by atomic mass is 10.1. The van der Waals surface area contributed by atoms with Crippen molar-refractivity contribution >= 4 is 11.8 Å². The molecule has 0 spiro atoms. The largest absolute Gasteiger partial charge is 0.497 e. The van der Waals surface area contributed by atoms with Gasteiger partial charge >= 0.3 is 5.97 Å². The number of methoxy groups -OCH3 is 1. The highest BCUT2D eigenvalue weighted by atomic mass is 19.1. The van der Waals surface area contributed by atoms with Crippen LogP contribution in [0.2, 0.25) is 0 Å². The van der Waals surface area contributed by atoms with Gasteiger partial charge in [-0.15, -0.1) is 0 Å². The van der Waals surface area contributed by atoms with E-state index in [2.05, 4.69) is 0 Å². The van der Waals surface area contributed by atoms with E-state index in [0.29, 0.717) is 6.08 Å². The van der Waals surface area contributed by atoms with E-state index in [9.17, 15) is 14.0 Å². The van der Waals surface area contributed by atoms with Crippen molar-refractivity contribution in [1.82, 2.24) is 0 Å². The summed E-state index contributed by atoms with van der Waals surface area (Å²) in [7, 11) is 1.38. The average molecular weight is 224 g/mol. The molecule has 1 N–H and O–H groups in total. The molecule has 0 aromatic heterocycles. The minimum atomic E-state index is -1.26. The minimum Gasteiger partial charge on any atom is -0.497 e. The number of carbonyl (C=O) groups is 2. The number of halogens is 1. The zero-order chi connectivity index (χ0) is 12.1. The first-order chi connectivity index (χ1) is 7.54. The molecule has 0 atom stereocenters. The second-order valence-electron chi connectivity index (χ2n) is 2.88. The zero-order valence-corrected chi connectivity index (χ0v) is 8.44. The van der Waals surface area contributed by atoms with E-state index >= 15 is 0 Å². The third-order valence-electron chi connectivity index (χ3n) is 1.82. The van der Waals surface area contributed by atoms with Gasteiger partial charge in [-0.2, -0.15) is 0 Å². The van der Waals surface area contributed by atoms with Crippen LogP contribution in [0, 0.1) is 5.82 Å². The Morgan fingerprint density at radius 2 is 2.06 bits per heavy atom. The van der Waals surface area contributed by atoms with E-state index in [-0.39, 0.29) is 11.3 Å². The summed E-state index contributed by atoms with van der Waals surface area (Å²) in [6.45, 7) is 0. The number of hydrogen-bond donors (Lipinski definition) is 1. The Labute approximate surface area is 91.0 Å². The summed E-state index contributed by atoms with van der Waals surface area (Å²) in [6, 6.07) is 3.72. The molecule has 16 heavy (non-hydrogen) atoms. The summed E-state index contributed by atoms with van der Waals surface area (Å²) in [5.41, 5.74) is -0.196. The smallest absolute Gasteiger partial charge is 0.328 e. The second kappa shape index (κ2) is 5.06. The molecule has 0 aliphatic rings. The van der Waals surface area contributed by atoms with Gasteiger partial charge in [0.2, 0.25) is 0 Å². The second-order valence-corrected chi connectivity index (χ2v) is 2.88. The number of carbonyl (C=O) groups excluding carboxylic acids is 1. The number of benzene rings is 1. The van der Waals surface area contributed by atoms with Crippen LogP contribution in [0.4, 0.5) is 4.39 Å². The van der Waals surface area contributed by atoms with Crippen molar-refractivity contribution in [2.24, 2.45) is 0 Å². The van der Waals surface area contributed by atoms with Crippen LogP contribution in [0.25, 0.3) is 0 Å². The minimum absolute atomic E-state index is 0.196. The fourth-order valence-electron chi connectivity index (χ4n) is 1.06. The van der Waals surface area contributed by atoms with E-state index in [1.165, 1.54) is 19.2 Å². The van der Waals surface area contributed by atoms with Crippen molar-refractivity contribution in [3.05, 3.63) is 41.7 Å². The number of allylic oxidation sites excluding steroid dienone is 1. The summed E-state index contributed by atoms with van der Waals surface area (Å²) in [4.78, 5) is 21.5. The van der Waals surface area contributed by atoms with Crippen molar-refractivity contribution in [2.45, 2.75) is 0 Å². The molecule has 1 aromatic carbocycles. The highest BCUT2D eigenvalue weighted by molar-refractivity contribution is 6.07. The highest BCUT2D eigenvalue weighted by Gasteiger charge is 2.10. The van der Waals surface area contributed by atoms with Crippen LogP contribution in [0.5, 0.6) is 5.75 Å². The summed E-state index contributed by atoms with van der Waals surface area (Å²) in [5, 5.41) is 8.31. The van der Waals surface area contributed by atoms with Gasteiger partial charge in [0.05, 0.1) is 12.7 Å². The molecule has 1 aromatic rings. The Hall–Kier alpha value is -2.17. The van der Waals surface area contributed by atoms with Crippen LogP contribution in [-0.4, -0.2) is 24.0 Å². The molecule has 0 bridgehead atoms. The van der Waals surface area contributed by atoms with Gasteiger partial charge in [0.1, 0.15) is 11.6 Å². The maximum absolute atomic E-state index is 13.3. The molecule has 0 radical (unpaired) electrons. The number of carboxylic acids is 1. The van der Waals surface area contributed by atoms with Gasteiger partial charge in [-0.1, -0.05) is 0 Å². The molecule has 0 amide bonds. The highest BCUT2D eigenvalue weighted by Crippen LogP contribution is 2.16. The van der Waals surface area contributed by atoms with E-state index in [1.54, 1.807) is 0 Å². The lowest BCUT2D eigenvalue weighted by molar-refractivity contribution is -0.131. The van der Waals surface area contributed by atoms with Crippen LogP contribution < -0.4 is 4.74 Å². The van der Waals surface area contributed by atoms with Crippen LogP contribution in [-0.2, 0) is 4.79 Å². The lowest BCUT2D eigenvalue weighted by Gasteiger charge is -2.02. The Balaban J connectivity index is 2.96. The normalized spacial score (nSPS) is 10.4. The summed E-state index contributed by atoms with van der Waals surface area (Å²) in [5.74, 6) is -2.43. The van der Waals surface area contributed by atoms with Crippen molar-refractivity contribution in [3.63, 3.8) is 0 Å². The first-order valence-corrected chi connectivity index (χ1v) is 4.33. The van der Waals surface area contributed by atoms with E-state index in [4.69, 9.17) is 9.84 Å². The van der Waals surface area contributed by atoms with Gasteiger partial charge in [0.15, 0.2) is 5.78 Å². The van der Waals surface area contributed by atoms with Crippen LogP contribution in [0.15, 0.2) is 30.4 Å². The van der Waals surface area contributed by atoms with Gasteiger partial charge in [0.25, 0.3) is 0 Å². The summed E-state index contributed by atoms with van der Waals surface area (Å²) >= 11 is 0. The molecule has 1 rings (SSSR count). The number of hydrogen-bond acceptors (Lipinski definition) is 3. The number of rotatable bonds is 4. The molecule has 84 valence electrons. The van der Waals surface area contributed by atoms with E-state index < -0.39 is 17.6 Å². The monoisotopic (exact) mass is 224 g/mol. The average Bonchev–Trinajstić information content (AvgIpc) is 2.25. The van der Waals surface area contributed by atoms with Crippen molar-refractivity contribution in [2.75, 3.05) is 7.11 Å². The molecular weight excluding hydrogens is 215 g/mol. The Morgan fingerprint density at radius 1 is 1.38 bits per heavy atom. The van der Waals surface area contributed by atoms with E-state index in [1.807, 2.05) is 0 Å². The van der Waals surface area contributed by atoms with Crippen molar-refractivity contribution in [3.8, 4) is 5.75 Å². The lowest BCUT2D eigenvalue weighted by Crippen LogP contribution is -2.00. The maximum Gasteiger partial charge on any atom is 0.328 e. The quantitative estimate of drug-likeness (QED) is 0.624. The standard InChI is InChI=1S/C11H9FO4/c1-16-7-2-3-8(9(12)6-7)10(13)4-5-11(14)15/h2-6H,1H3,(H,14,15). The third kappa shape index (κ3) is 2.91. The predicted octanol–water partition coefficient (Wildman–Crippen LogP) is 1.66. The fourth-order valence-corrected chi connectivity index (χ4v) is 1.06. The molecule has 5 heteroatoms. The fraction of sp³-hybridized carbons (Fsp3) is 0.0909. The molecule has 0 heterocycles. The number of aliphatic carboxylic acids is 1. The Bertz CT molecular complexity index is 451.